The van der Waals surface area contributed by atoms with E-state index in [-0.39, 0.29) is 11.6 Å². The number of benzene rings is 1. The molecular weight excluding hydrogens is 207 g/mol. The monoisotopic (exact) mass is 220 g/mol. The summed E-state index contributed by atoms with van der Waals surface area (Å²) in [4.78, 5) is 0. The molecule has 1 heterocycles. The number of nitrogens with zero attached hydrogens (tertiary/aromatic N) is 2. The van der Waals surface area contributed by atoms with Gasteiger partial charge in [0.15, 0.2) is 11.6 Å². The van der Waals surface area contributed by atoms with Gasteiger partial charge in [-0.25, -0.2) is 4.39 Å². The fraction of sp³-hybridized carbons (Fsp3) is 0.250. The fourth-order valence-corrected chi connectivity index (χ4v) is 1.56. The summed E-state index contributed by atoms with van der Waals surface area (Å²) in [7, 11) is 1.46. The molecule has 16 heavy (non-hydrogen) atoms. The molecule has 84 valence electrons. The maximum Gasteiger partial charge on any atom is 0.170 e. The van der Waals surface area contributed by atoms with Gasteiger partial charge in [0.05, 0.1) is 13.7 Å². The summed E-state index contributed by atoms with van der Waals surface area (Å²) >= 11 is 0. The van der Waals surface area contributed by atoms with Gasteiger partial charge < -0.3 is 4.74 Å². The second-order valence-corrected chi connectivity index (χ2v) is 3.56. The molecule has 0 aliphatic rings. The molecule has 0 atom stereocenters. The summed E-state index contributed by atoms with van der Waals surface area (Å²) in [6, 6.07) is 7.00. The van der Waals surface area contributed by atoms with E-state index >= 15 is 0 Å². The van der Waals surface area contributed by atoms with Gasteiger partial charge in [0.1, 0.15) is 0 Å². The van der Waals surface area contributed by atoms with Crippen molar-refractivity contribution in [2.75, 3.05) is 7.11 Å². The predicted octanol–water partition coefficient (Wildman–Crippen LogP) is 2.39. The average Bonchev–Trinajstić information content (AvgIpc) is 2.68. The number of rotatable bonds is 3. The number of hydrogen-bond acceptors (Lipinski definition) is 2. The maximum atomic E-state index is 13.8. The normalized spacial score (nSPS) is 10.4. The van der Waals surface area contributed by atoms with E-state index in [1.54, 1.807) is 29.1 Å². The van der Waals surface area contributed by atoms with E-state index in [0.29, 0.717) is 12.1 Å². The Morgan fingerprint density at radius 1 is 1.38 bits per heavy atom. The fourth-order valence-electron chi connectivity index (χ4n) is 1.56. The van der Waals surface area contributed by atoms with Gasteiger partial charge in [0.2, 0.25) is 0 Å². The first kappa shape index (κ1) is 10.7. The van der Waals surface area contributed by atoms with Crippen molar-refractivity contribution in [1.29, 1.82) is 0 Å². The van der Waals surface area contributed by atoms with Crippen molar-refractivity contribution >= 4 is 0 Å². The highest BCUT2D eigenvalue weighted by atomic mass is 19.1. The summed E-state index contributed by atoms with van der Waals surface area (Å²) in [5, 5.41) is 4.12. The van der Waals surface area contributed by atoms with Crippen molar-refractivity contribution in [2.24, 2.45) is 0 Å². The van der Waals surface area contributed by atoms with Crippen LogP contribution in [0.5, 0.6) is 5.75 Å². The number of hydrogen-bond donors (Lipinski definition) is 0. The van der Waals surface area contributed by atoms with E-state index in [1.807, 2.05) is 13.0 Å². The number of aryl methyl sites for hydroxylation is 1. The van der Waals surface area contributed by atoms with Crippen LogP contribution in [0, 0.1) is 12.7 Å². The Morgan fingerprint density at radius 3 is 2.81 bits per heavy atom. The third-order valence-electron chi connectivity index (χ3n) is 2.51. The minimum atomic E-state index is -0.320. The highest BCUT2D eigenvalue weighted by molar-refractivity contribution is 5.31. The molecule has 1 aromatic heterocycles. The van der Waals surface area contributed by atoms with Crippen LogP contribution in [0.2, 0.25) is 0 Å². The lowest BCUT2D eigenvalue weighted by Crippen LogP contribution is -2.06. The molecular formula is C12H13FN2O. The molecule has 0 aliphatic carbocycles. The molecule has 0 radical (unpaired) electrons. The standard InChI is InChI=1S/C12H13FN2O/c1-9-6-7-14-15(9)8-10-4-3-5-11(16-2)12(10)13/h3-7H,8H2,1-2H3. The summed E-state index contributed by atoms with van der Waals surface area (Å²) < 4.78 is 20.5. The molecule has 0 saturated carbocycles. The van der Waals surface area contributed by atoms with Crippen molar-refractivity contribution in [3.63, 3.8) is 0 Å². The van der Waals surface area contributed by atoms with Crippen LogP contribution in [0.3, 0.4) is 0 Å². The van der Waals surface area contributed by atoms with Crippen LogP contribution < -0.4 is 4.74 Å². The summed E-state index contributed by atoms with van der Waals surface area (Å²) in [6.45, 7) is 2.35. The third kappa shape index (κ3) is 1.91. The quantitative estimate of drug-likeness (QED) is 0.794. The largest absolute Gasteiger partial charge is 0.494 e. The van der Waals surface area contributed by atoms with Crippen LogP contribution in [-0.2, 0) is 6.54 Å². The van der Waals surface area contributed by atoms with Crippen LogP contribution in [0.4, 0.5) is 4.39 Å². The molecule has 0 spiro atoms. The number of aromatic nitrogens is 2. The van der Waals surface area contributed by atoms with Crippen molar-refractivity contribution in [3.8, 4) is 5.75 Å². The topological polar surface area (TPSA) is 27.1 Å². The lowest BCUT2D eigenvalue weighted by molar-refractivity contribution is 0.383. The van der Waals surface area contributed by atoms with Crippen LogP contribution in [0.25, 0.3) is 0 Å². The Bertz CT molecular complexity index is 494. The molecule has 0 fully saturated rings. The van der Waals surface area contributed by atoms with Crippen molar-refractivity contribution < 1.29 is 9.13 Å². The molecule has 2 rings (SSSR count). The zero-order valence-electron chi connectivity index (χ0n) is 9.27. The summed E-state index contributed by atoms with van der Waals surface area (Å²) in [5.74, 6) is -0.0535. The highest BCUT2D eigenvalue weighted by Crippen LogP contribution is 2.20. The first-order chi connectivity index (χ1) is 7.72. The van der Waals surface area contributed by atoms with E-state index in [9.17, 15) is 4.39 Å². The lowest BCUT2D eigenvalue weighted by atomic mass is 10.2. The minimum absolute atomic E-state index is 0.266. The minimum Gasteiger partial charge on any atom is -0.494 e. The van der Waals surface area contributed by atoms with E-state index in [0.717, 1.165) is 5.69 Å². The van der Waals surface area contributed by atoms with E-state index < -0.39 is 0 Å². The van der Waals surface area contributed by atoms with Gasteiger partial charge >= 0.3 is 0 Å². The van der Waals surface area contributed by atoms with Gasteiger partial charge in [0, 0.05) is 17.5 Å². The average molecular weight is 220 g/mol. The second-order valence-electron chi connectivity index (χ2n) is 3.56. The Balaban J connectivity index is 2.32. The maximum absolute atomic E-state index is 13.8. The van der Waals surface area contributed by atoms with Gasteiger partial charge in [0.25, 0.3) is 0 Å². The van der Waals surface area contributed by atoms with Crippen LogP contribution >= 0.6 is 0 Å². The van der Waals surface area contributed by atoms with Crippen LogP contribution in [-0.4, -0.2) is 16.9 Å². The van der Waals surface area contributed by atoms with Crippen molar-refractivity contribution in [1.82, 2.24) is 9.78 Å². The molecule has 4 heteroatoms. The smallest absolute Gasteiger partial charge is 0.170 e. The predicted molar refractivity (Wildman–Crippen MR) is 59.0 cm³/mol. The van der Waals surface area contributed by atoms with Gasteiger partial charge in [-0.15, -0.1) is 0 Å². The first-order valence-electron chi connectivity index (χ1n) is 5.02. The lowest BCUT2D eigenvalue weighted by Gasteiger charge is -2.08. The van der Waals surface area contributed by atoms with Crippen molar-refractivity contribution in [2.45, 2.75) is 13.5 Å². The molecule has 0 N–H and O–H groups in total. The zero-order valence-corrected chi connectivity index (χ0v) is 9.27. The van der Waals surface area contributed by atoms with E-state index in [4.69, 9.17) is 4.74 Å². The van der Waals surface area contributed by atoms with Gasteiger partial charge in [-0.2, -0.15) is 5.10 Å². The molecule has 0 unspecified atom stereocenters. The van der Waals surface area contributed by atoms with Crippen molar-refractivity contribution in [3.05, 3.63) is 47.5 Å². The van der Waals surface area contributed by atoms with Gasteiger partial charge in [-0.05, 0) is 19.1 Å². The summed E-state index contributed by atoms with van der Waals surface area (Å²) in [6.07, 6.45) is 1.70. The molecule has 0 bridgehead atoms. The zero-order chi connectivity index (χ0) is 11.5. The summed E-state index contributed by atoms with van der Waals surface area (Å²) in [5.41, 5.74) is 1.58. The molecule has 1 aromatic carbocycles. The molecule has 2 aromatic rings. The Kier molecular flexibility index (Phi) is 2.90. The highest BCUT2D eigenvalue weighted by Gasteiger charge is 2.09. The number of methoxy groups -OCH3 is 1. The van der Waals surface area contributed by atoms with Crippen LogP contribution in [0.15, 0.2) is 30.5 Å². The first-order valence-corrected chi connectivity index (χ1v) is 5.02. The number of ether oxygens (including phenoxy) is 1. The Morgan fingerprint density at radius 2 is 2.19 bits per heavy atom. The van der Waals surface area contributed by atoms with Crippen LogP contribution in [0.1, 0.15) is 11.3 Å². The second kappa shape index (κ2) is 4.35. The Hall–Kier alpha value is -1.84. The Labute approximate surface area is 93.5 Å². The van der Waals surface area contributed by atoms with E-state index in [1.165, 1.54) is 7.11 Å². The molecule has 0 amide bonds. The van der Waals surface area contributed by atoms with E-state index in [2.05, 4.69) is 5.10 Å². The molecule has 0 saturated heterocycles. The van der Waals surface area contributed by atoms with Gasteiger partial charge in [-0.3, -0.25) is 4.68 Å². The SMILES string of the molecule is COc1cccc(Cn2nccc2C)c1F. The number of halogens is 1. The third-order valence-corrected chi connectivity index (χ3v) is 2.51. The molecule has 3 nitrogen and oxygen atoms in total. The molecule has 0 aliphatic heterocycles. The van der Waals surface area contributed by atoms with Gasteiger partial charge in [-0.1, -0.05) is 12.1 Å².